The highest BCUT2D eigenvalue weighted by atomic mass is 79.9. The van der Waals surface area contributed by atoms with Gasteiger partial charge in [0.25, 0.3) is 0 Å². The van der Waals surface area contributed by atoms with E-state index in [9.17, 15) is 0 Å². The Balaban J connectivity index is 2.31. The Hall–Kier alpha value is -0.540. The molecule has 106 valence electrons. The van der Waals surface area contributed by atoms with Crippen LogP contribution in [0, 0.1) is 5.92 Å². The molecular formula is C16H25BrN2. The summed E-state index contributed by atoms with van der Waals surface area (Å²) in [5.41, 5.74) is 8.64. The molecule has 0 radical (unpaired) electrons. The highest BCUT2D eigenvalue weighted by molar-refractivity contribution is 9.10. The van der Waals surface area contributed by atoms with Crippen LogP contribution in [0.25, 0.3) is 0 Å². The topological polar surface area (TPSA) is 29.3 Å². The van der Waals surface area contributed by atoms with Crippen LogP contribution in [0.2, 0.25) is 0 Å². The van der Waals surface area contributed by atoms with E-state index in [1.165, 1.54) is 36.9 Å². The fourth-order valence-electron chi connectivity index (χ4n) is 3.26. The minimum absolute atomic E-state index is 0.0736. The fraction of sp³-hybridized carbons (Fsp3) is 0.625. The van der Waals surface area contributed by atoms with Gasteiger partial charge in [-0.1, -0.05) is 41.8 Å². The van der Waals surface area contributed by atoms with E-state index in [1.54, 1.807) is 0 Å². The Kier molecular flexibility index (Phi) is 4.91. The molecule has 1 saturated carbocycles. The Bertz CT molecular complexity index is 431. The molecule has 0 bridgehead atoms. The summed E-state index contributed by atoms with van der Waals surface area (Å²) in [6, 6.07) is 7.15. The fourth-order valence-corrected chi connectivity index (χ4v) is 3.61. The lowest BCUT2D eigenvalue weighted by molar-refractivity contribution is 0.321. The van der Waals surface area contributed by atoms with E-state index >= 15 is 0 Å². The number of hydrogen-bond acceptors (Lipinski definition) is 2. The summed E-state index contributed by atoms with van der Waals surface area (Å²) in [7, 11) is 2.22. The van der Waals surface area contributed by atoms with Gasteiger partial charge < -0.3 is 10.6 Å². The Morgan fingerprint density at radius 3 is 2.63 bits per heavy atom. The highest BCUT2D eigenvalue weighted by Crippen LogP contribution is 2.34. The van der Waals surface area contributed by atoms with Crippen LogP contribution in [-0.2, 0) is 0 Å². The molecule has 19 heavy (non-hydrogen) atoms. The minimum Gasteiger partial charge on any atom is -0.371 e. The van der Waals surface area contributed by atoms with E-state index in [1.807, 2.05) is 0 Å². The predicted molar refractivity (Wildman–Crippen MR) is 86.6 cm³/mol. The van der Waals surface area contributed by atoms with Gasteiger partial charge in [0, 0.05) is 29.3 Å². The minimum atomic E-state index is 0.0736. The van der Waals surface area contributed by atoms with Crippen LogP contribution in [0.5, 0.6) is 0 Å². The maximum Gasteiger partial charge on any atom is 0.0425 e. The number of halogens is 1. The summed E-state index contributed by atoms with van der Waals surface area (Å²) < 4.78 is 1.13. The van der Waals surface area contributed by atoms with E-state index in [2.05, 4.69) is 59.9 Å². The molecule has 1 aromatic rings. The zero-order valence-corrected chi connectivity index (χ0v) is 13.8. The van der Waals surface area contributed by atoms with Gasteiger partial charge in [-0.2, -0.15) is 0 Å². The van der Waals surface area contributed by atoms with Gasteiger partial charge in [0.05, 0.1) is 0 Å². The molecule has 1 aromatic carbocycles. The third kappa shape index (κ3) is 3.32. The first-order valence-electron chi connectivity index (χ1n) is 7.28. The van der Waals surface area contributed by atoms with Crippen molar-refractivity contribution in [1.82, 2.24) is 0 Å². The molecule has 2 N–H and O–H groups in total. The molecule has 0 heterocycles. The molecule has 1 aliphatic rings. The SMILES string of the molecule is CC(N)c1ccc(Br)cc1N(C)C1CCCCC1C. The summed E-state index contributed by atoms with van der Waals surface area (Å²) in [5.74, 6) is 0.763. The van der Waals surface area contributed by atoms with E-state index in [0.29, 0.717) is 6.04 Å². The van der Waals surface area contributed by atoms with Crippen LogP contribution in [0.4, 0.5) is 5.69 Å². The van der Waals surface area contributed by atoms with E-state index < -0.39 is 0 Å². The highest BCUT2D eigenvalue weighted by Gasteiger charge is 2.26. The smallest absolute Gasteiger partial charge is 0.0425 e. The molecule has 0 amide bonds. The first-order valence-corrected chi connectivity index (χ1v) is 8.08. The maximum atomic E-state index is 6.12. The molecule has 1 aliphatic carbocycles. The molecular weight excluding hydrogens is 300 g/mol. The van der Waals surface area contributed by atoms with Gasteiger partial charge >= 0.3 is 0 Å². The molecule has 1 fully saturated rings. The molecule has 0 spiro atoms. The lowest BCUT2D eigenvalue weighted by Crippen LogP contribution is -2.39. The van der Waals surface area contributed by atoms with Crippen LogP contribution in [0.1, 0.15) is 51.1 Å². The number of anilines is 1. The van der Waals surface area contributed by atoms with Gasteiger partial charge in [-0.25, -0.2) is 0 Å². The Morgan fingerprint density at radius 2 is 2.00 bits per heavy atom. The number of rotatable bonds is 3. The van der Waals surface area contributed by atoms with Gasteiger partial charge in [-0.3, -0.25) is 0 Å². The summed E-state index contributed by atoms with van der Waals surface area (Å²) in [4.78, 5) is 2.45. The third-order valence-corrected chi connectivity index (χ3v) is 4.92. The summed E-state index contributed by atoms with van der Waals surface area (Å²) in [5, 5.41) is 0. The number of benzene rings is 1. The molecule has 0 aliphatic heterocycles. The second kappa shape index (κ2) is 6.27. The second-order valence-electron chi connectivity index (χ2n) is 5.93. The van der Waals surface area contributed by atoms with Crippen molar-refractivity contribution in [1.29, 1.82) is 0 Å². The van der Waals surface area contributed by atoms with Gasteiger partial charge in [0.15, 0.2) is 0 Å². The number of nitrogens with zero attached hydrogens (tertiary/aromatic N) is 1. The molecule has 3 heteroatoms. The molecule has 2 nitrogen and oxygen atoms in total. The standard InChI is InChI=1S/C16H25BrN2/c1-11-6-4-5-7-15(11)19(3)16-10-13(17)8-9-14(16)12(2)18/h8-12,15H,4-7,18H2,1-3H3. The van der Waals surface area contributed by atoms with Crippen LogP contribution in [0.3, 0.4) is 0 Å². The predicted octanol–water partition coefficient (Wildman–Crippen LogP) is 4.48. The monoisotopic (exact) mass is 324 g/mol. The zero-order valence-electron chi connectivity index (χ0n) is 12.2. The second-order valence-corrected chi connectivity index (χ2v) is 6.85. The first-order chi connectivity index (χ1) is 9.00. The zero-order chi connectivity index (χ0) is 14.0. The lowest BCUT2D eigenvalue weighted by Gasteiger charge is -2.39. The number of hydrogen-bond donors (Lipinski definition) is 1. The average molecular weight is 325 g/mol. The van der Waals surface area contributed by atoms with Crippen LogP contribution in [-0.4, -0.2) is 13.1 Å². The molecule has 3 atom stereocenters. The van der Waals surface area contributed by atoms with E-state index in [4.69, 9.17) is 5.73 Å². The summed E-state index contributed by atoms with van der Waals surface area (Å²) in [6.07, 6.45) is 5.37. The average Bonchev–Trinajstić information content (AvgIpc) is 2.38. The lowest BCUT2D eigenvalue weighted by atomic mass is 9.84. The van der Waals surface area contributed by atoms with Crippen molar-refractivity contribution in [2.24, 2.45) is 11.7 Å². The van der Waals surface area contributed by atoms with Crippen molar-refractivity contribution in [3.8, 4) is 0 Å². The van der Waals surface area contributed by atoms with Gasteiger partial charge in [-0.15, -0.1) is 0 Å². The van der Waals surface area contributed by atoms with Crippen molar-refractivity contribution >= 4 is 21.6 Å². The van der Waals surface area contributed by atoms with Gasteiger partial charge in [-0.05, 0) is 43.4 Å². The Morgan fingerprint density at radius 1 is 1.32 bits per heavy atom. The van der Waals surface area contributed by atoms with Crippen LogP contribution in [0.15, 0.2) is 22.7 Å². The summed E-state index contributed by atoms with van der Waals surface area (Å²) >= 11 is 3.59. The molecule has 3 unspecified atom stereocenters. The van der Waals surface area contributed by atoms with Crippen LogP contribution >= 0.6 is 15.9 Å². The molecule has 0 aromatic heterocycles. The quantitative estimate of drug-likeness (QED) is 0.887. The van der Waals surface area contributed by atoms with Crippen molar-refractivity contribution in [2.75, 3.05) is 11.9 Å². The van der Waals surface area contributed by atoms with E-state index in [-0.39, 0.29) is 6.04 Å². The van der Waals surface area contributed by atoms with Gasteiger partial charge in [0.1, 0.15) is 0 Å². The largest absolute Gasteiger partial charge is 0.371 e. The normalized spacial score (nSPS) is 25.1. The van der Waals surface area contributed by atoms with Crippen molar-refractivity contribution in [3.05, 3.63) is 28.2 Å². The first kappa shape index (κ1) is 14.9. The number of nitrogens with two attached hydrogens (primary N) is 1. The van der Waals surface area contributed by atoms with Crippen molar-refractivity contribution < 1.29 is 0 Å². The van der Waals surface area contributed by atoms with Crippen molar-refractivity contribution in [2.45, 2.75) is 51.6 Å². The maximum absolute atomic E-state index is 6.12. The van der Waals surface area contributed by atoms with E-state index in [0.717, 1.165) is 10.4 Å². The van der Waals surface area contributed by atoms with Crippen molar-refractivity contribution in [3.63, 3.8) is 0 Å². The third-order valence-electron chi connectivity index (χ3n) is 4.43. The van der Waals surface area contributed by atoms with Gasteiger partial charge in [0.2, 0.25) is 0 Å². The molecule has 0 saturated heterocycles. The molecule has 2 rings (SSSR count). The Labute approximate surface area is 125 Å². The summed E-state index contributed by atoms with van der Waals surface area (Å²) in [6.45, 7) is 4.44. The van der Waals surface area contributed by atoms with Crippen LogP contribution < -0.4 is 10.6 Å².